The van der Waals surface area contributed by atoms with Crippen LogP contribution in [0.5, 0.6) is 0 Å². The minimum absolute atomic E-state index is 0.0461. The molecule has 0 radical (unpaired) electrons. The molecule has 0 bridgehead atoms. The summed E-state index contributed by atoms with van der Waals surface area (Å²) in [5, 5.41) is 28.6. The Morgan fingerprint density at radius 2 is 1.39 bits per heavy atom. The number of aliphatic hydroxyl groups excluding tert-OH is 3. The van der Waals surface area contributed by atoms with Gasteiger partial charge in [0.2, 0.25) is 0 Å². The van der Waals surface area contributed by atoms with E-state index in [1.165, 1.54) is 14.2 Å². The van der Waals surface area contributed by atoms with E-state index in [9.17, 15) is 34.2 Å². The quantitative estimate of drug-likeness (QED) is 0.235. The first-order valence-corrected chi connectivity index (χ1v) is 14.3. The van der Waals surface area contributed by atoms with Gasteiger partial charge in [0.25, 0.3) is 0 Å². The Labute approximate surface area is 194 Å². The number of rotatable bonds is 10. The SMILES string of the molecule is COC[C@@]1(CO)O[C@@H](C)C(O)[C@H]1OP(C)(=O)O.COC[C@@]1(CO)O[C@@H](C)C[C@H]1OP(C)(=O)O. The van der Waals surface area contributed by atoms with Crippen molar-refractivity contribution in [2.45, 2.75) is 62.0 Å². The van der Waals surface area contributed by atoms with E-state index >= 15 is 0 Å². The van der Waals surface area contributed by atoms with E-state index in [2.05, 4.69) is 0 Å². The molecular weight excluding hydrogens is 486 g/mol. The fourth-order valence-electron chi connectivity index (χ4n) is 3.94. The average Bonchev–Trinajstić information content (AvgIpc) is 3.09. The van der Waals surface area contributed by atoms with Gasteiger partial charge in [-0.3, -0.25) is 13.7 Å². The molecule has 5 N–H and O–H groups in total. The molecule has 13 nitrogen and oxygen atoms in total. The van der Waals surface area contributed by atoms with Gasteiger partial charge in [-0.15, -0.1) is 0 Å². The van der Waals surface area contributed by atoms with Gasteiger partial charge in [0, 0.05) is 34.0 Å². The fourth-order valence-corrected chi connectivity index (χ4v) is 5.43. The zero-order valence-corrected chi connectivity index (χ0v) is 21.6. The molecule has 0 aromatic carbocycles. The van der Waals surface area contributed by atoms with Crippen molar-refractivity contribution in [3.63, 3.8) is 0 Å². The van der Waals surface area contributed by atoms with Crippen LogP contribution in [0.4, 0.5) is 0 Å². The van der Waals surface area contributed by atoms with E-state index in [0.29, 0.717) is 6.42 Å². The summed E-state index contributed by atoms with van der Waals surface area (Å²) in [7, 11) is -4.53. The fraction of sp³-hybridized carbons (Fsp3) is 1.00. The molecule has 0 amide bonds. The topological polar surface area (TPSA) is 191 Å². The maximum Gasteiger partial charge on any atom is 0.325 e. The third-order valence-electron chi connectivity index (χ3n) is 5.24. The highest BCUT2D eigenvalue weighted by Crippen LogP contribution is 2.46. The van der Waals surface area contributed by atoms with Crippen LogP contribution in [0.1, 0.15) is 20.3 Å². The molecule has 2 fully saturated rings. The largest absolute Gasteiger partial charge is 0.393 e. The van der Waals surface area contributed by atoms with Crippen LogP contribution in [0.25, 0.3) is 0 Å². The third kappa shape index (κ3) is 8.57. The van der Waals surface area contributed by atoms with Gasteiger partial charge < -0.3 is 48.6 Å². The Bertz CT molecular complexity index is 697. The van der Waals surface area contributed by atoms with Gasteiger partial charge in [-0.05, 0) is 13.8 Å². The smallest absolute Gasteiger partial charge is 0.325 e. The summed E-state index contributed by atoms with van der Waals surface area (Å²) in [5.74, 6) is 0. The summed E-state index contributed by atoms with van der Waals surface area (Å²) >= 11 is 0. The Kier molecular flexibility index (Phi) is 11.6. The van der Waals surface area contributed by atoms with Crippen LogP contribution in [-0.2, 0) is 37.1 Å². The molecule has 0 spiro atoms. The number of hydrogen-bond acceptors (Lipinski definition) is 11. The molecule has 0 aliphatic carbocycles. The zero-order chi connectivity index (χ0) is 25.7. The van der Waals surface area contributed by atoms with E-state index in [4.69, 9.17) is 28.0 Å². The lowest BCUT2D eigenvalue weighted by Crippen LogP contribution is -2.50. The molecule has 0 aromatic heterocycles. The maximum atomic E-state index is 11.3. The third-order valence-corrected chi connectivity index (χ3v) is 6.51. The van der Waals surface area contributed by atoms with Gasteiger partial charge >= 0.3 is 15.2 Å². The van der Waals surface area contributed by atoms with Crippen molar-refractivity contribution in [2.24, 2.45) is 0 Å². The molecule has 0 aromatic rings. The predicted octanol–water partition coefficient (Wildman–Crippen LogP) is -0.283. The molecule has 198 valence electrons. The molecule has 0 saturated carbocycles. The number of hydrogen-bond donors (Lipinski definition) is 5. The second-order valence-corrected chi connectivity index (χ2v) is 12.1. The van der Waals surface area contributed by atoms with Crippen molar-refractivity contribution in [2.75, 3.05) is 54.0 Å². The summed E-state index contributed by atoms with van der Waals surface area (Å²) in [5.41, 5.74) is -2.36. The normalized spacial score (nSPS) is 40.0. The van der Waals surface area contributed by atoms with Gasteiger partial charge in [-0.2, -0.15) is 0 Å². The second kappa shape index (κ2) is 12.3. The first-order chi connectivity index (χ1) is 15.1. The van der Waals surface area contributed by atoms with Crippen LogP contribution in [0.15, 0.2) is 0 Å². The lowest BCUT2D eigenvalue weighted by atomic mass is 9.96. The summed E-state index contributed by atoms with van der Waals surface area (Å²) < 4.78 is 53.4. The van der Waals surface area contributed by atoms with Crippen molar-refractivity contribution in [1.29, 1.82) is 0 Å². The van der Waals surface area contributed by atoms with E-state index in [1.54, 1.807) is 6.92 Å². The summed E-state index contributed by atoms with van der Waals surface area (Å²) in [4.78, 5) is 18.4. The molecule has 9 atom stereocenters. The van der Waals surface area contributed by atoms with Gasteiger partial charge in [0.15, 0.2) is 0 Å². The van der Waals surface area contributed by atoms with Crippen molar-refractivity contribution >= 4 is 15.2 Å². The van der Waals surface area contributed by atoms with Crippen LogP contribution < -0.4 is 0 Å². The maximum absolute atomic E-state index is 11.3. The minimum Gasteiger partial charge on any atom is -0.393 e. The van der Waals surface area contributed by atoms with Crippen LogP contribution in [-0.4, -0.2) is 121 Å². The lowest BCUT2D eigenvalue weighted by molar-refractivity contribution is -0.135. The molecule has 2 rings (SSSR count). The van der Waals surface area contributed by atoms with E-state index in [0.717, 1.165) is 13.3 Å². The Balaban J connectivity index is 0.000000331. The lowest BCUT2D eigenvalue weighted by Gasteiger charge is -2.32. The Morgan fingerprint density at radius 1 is 0.909 bits per heavy atom. The van der Waals surface area contributed by atoms with Crippen LogP contribution in [0.3, 0.4) is 0 Å². The first-order valence-electron chi connectivity index (χ1n) is 10.3. The van der Waals surface area contributed by atoms with Crippen LogP contribution in [0.2, 0.25) is 0 Å². The molecular formula is C18H38O13P2. The number of methoxy groups -OCH3 is 2. The standard InChI is InChI=1S/C9H19O7P.C9H19O6P/c1-6-7(11)8(16-17(3,12)13)9(4-10,15-6)5-14-2;1-7-4-8(15-16(3,11)12)9(5-10,14-7)6-13-2/h6-8,10-11H,4-5H2,1-3H3,(H,12,13);7-8,10H,4-6H2,1-3H3,(H,11,12)/t6-,7?,8+,9+;7-,8+,9+/m00/s1. The van der Waals surface area contributed by atoms with Crippen molar-refractivity contribution in [3.05, 3.63) is 0 Å². The van der Waals surface area contributed by atoms with Crippen LogP contribution >= 0.6 is 15.2 Å². The van der Waals surface area contributed by atoms with Gasteiger partial charge in [-0.1, -0.05) is 0 Å². The highest BCUT2D eigenvalue weighted by Gasteiger charge is 2.55. The summed E-state index contributed by atoms with van der Waals surface area (Å²) in [6.07, 6.45) is -3.13. The number of ether oxygens (including phenoxy) is 4. The molecule has 2 heterocycles. The van der Waals surface area contributed by atoms with E-state index in [-0.39, 0.29) is 25.9 Å². The van der Waals surface area contributed by atoms with E-state index in [1.807, 2.05) is 6.92 Å². The van der Waals surface area contributed by atoms with Crippen molar-refractivity contribution in [1.82, 2.24) is 0 Å². The zero-order valence-electron chi connectivity index (χ0n) is 19.8. The van der Waals surface area contributed by atoms with Gasteiger partial charge in [0.05, 0.1) is 38.6 Å². The predicted molar refractivity (Wildman–Crippen MR) is 116 cm³/mol. The molecule has 2 aliphatic rings. The van der Waals surface area contributed by atoms with Crippen LogP contribution in [0, 0.1) is 0 Å². The molecule has 2 aliphatic heterocycles. The Morgan fingerprint density at radius 3 is 1.82 bits per heavy atom. The molecule has 3 unspecified atom stereocenters. The molecule has 33 heavy (non-hydrogen) atoms. The average molecular weight is 524 g/mol. The first kappa shape index (κ1) is 31.1. The van der Waals surface area contributed by atoms with Crippen molar-refractivity contribution < 1.29 is 62.2 Å². The van der Waals surface area contributed by atoms with Gasteiger partial charge in [-0.25, -0.2) is 0 Å². The highest BCUT2D eigenvalue weighted by molar-refractivity contribution is 7.52. The minimum atomic E-state index is -3.80. The van der Waals surface area contributed by atoms with Crippen molar-refractivity contribution in [3.8, 4) is 0 Å². The monoisotopic (exact) mass is 524 g/mol. The van der Waals surface area contributed by atoms with E-state index < -0.39 is 57.4 Å². The van der Waals surface area contributed by atoms with Gasteiger partial charge in [0.1, 0.15) is 29.5 Å². The number of aliphatic hydroxyl groups is 3. The highest BCUT2D eigenvalue weighted by atomic mass is 31.2. The Hall–Kier alpha value is 0.0200. The molecule has 2 saturated heterocycles. The molecule has 15 heteroatoms. The second-order valence-electron chi connectivity index (χ2n) is 8.52. The summed E-state index contributed by atoms with van der Waals surface area (Å²) in [6.45, 7) is 4.83. The summed E-state index contributed by atoms with van der Waals surface area (Å²) in [6, 6.07) is 0.